The molecule has 0 radical (unpaired) electrons. The van der Waals surface area contributed by atoms with Crippen molar-refractivity contribution in [3.63, 3.8) is 0 Å². The molecule has 22 aromatic rings. The van der Waals surface area contributed by atoms with Crippen molar-refractivity contribution in [3.05, 3.63) is 401 Å². The minimum absolute atomic E-state index is 0.626. The molecule has 0 aliphatic rings. The summed E-state index contributed by atoms with van der Waals surface area (Å²) >= 11 is 3.49. The lowest BCUT2D eigenvalue weighted by molar-refractivity contribution is 1.07. The van der Waals surface area contributed by atoms with Crippen LogP contribution in [0.25, 0.3) is 220 Å². The number of benzene rings is 15. The van der Waals surface area contributed by atoms with Crippen molar-refractivity contribution in [1.82, 2.24) is 49.8 Å². The molecule has 0 N–H and O–H groups in total. The number of rotatable bonds is 14. The Morgan fingerprint density at radius 2 is 0.500 bits per heavy atom. The summed E-state index contributed by atoms with van der Waals surface area (Å²) in [6.07, 6.45) is 1.82. The molecule has 0 atom stereocenters. The van der Waals surface area contributed by atoms with Crippen LogP contribution in [-0.4, -0.2) is 49.8 Å². The minimum Gasteiger partial charge on any atom is -0.243 e. The smallest absolute Gasteiger partial charge is 0.164 e. The van der Waals surface area contributed by atoms with E-state index >= 15 is 0 Å². The molecule has 0 saturated carbocycles. The van der Waals surface area contributed by atoms with Crippen molar-refractivity contribution in [2.75, 3.05) is 0 Å². The third-order valence-electron chi connectivity index (χ3n) is 21.6. The Labute approximate surface area is 688 Å². The van der Waals surface area contributed by atoms with Crippen molar-refractivity contribution < 1.29 is 0 Å². The maximum absolute atomic E-state index is 5.14. The molecule has 12 heteroatoms. The first-order valence-corrected chi connectivity index (χ1v) is 40.8. The highest BCUT2D eigenvalue weighted by Crippen LogP contribution is 2.44. The van der Waals surface area contributed by atoms with Gasteiger partial charge in [0, 0.05) is 76.1 Å². The summed E-state index contributed by atoms with van der Waals surface area (Å²) in [4.78, 5) is 50.8. The number of aromatic nitrogens is 10. The number of pyridine rings is 2. The summed E-state index contributed by atoms with van der Waals surface area (Å²) in [5, 5.41) is 4.70. The summed E-state index contributed by atoms with van der Waals surface area (Å²) in [5.41, 5.74) is 27.0. The first-order valence-electron chi connectivity index (χ1n) is 39.1. The van der Waals surface area contributed by atoms with Gasteiger partial charge in [0.2, 0.25) is 0 Å². The largest absolute Gasteiger partial charge is 0.243 e. The molecule has 15 aromatic carbocycles. The monoisotopic (exact) mass is 1540 g/mol. The molecule has 7 heterocycles. The van der Waals surface area contributed by atoms with Crippen LogP contribution >= 0.6 is 22.7 Å². The van der Waals surface area contributed by atoms with Gasteiger partial charge in [-0.05, 0) is 139 Å². The summed E-state index contributed by atoms with van der Waals surface area (Å²) in [6, 6.07) is 137. The fraction of sp³-hybridized carbons (Fsp3) is 0. The van der Waals surface area contributed by atoms with Crippen molar-refractivity contribution in [2.45, 2.75) is 0 Å². The average molecular weight is 1540 g/mol. The van der Waals surface area contributed by atoms with Crippen molar-refractivity contribution in [1.29, 1.82) is 0 Å². The predicted molar refractivity (Wildman–Crippen MR) is 488 cm³/mol. The molecule has 0 unspecified atom stereocenters. The van der Waals surface area contributed by atoms with Crippen LogP contribution in [0, 0.1) is 0 Å². The number of nitrogens with zero attached hydrogens (tertiary/aromatic N) is 10. The van der Waals surface area contributed by atoms with Crippen molar-refractivity contribution in [2.24, 2.45) is 0 Å². The molecule has 0 fully saturated rings. The van der Waals surface area contributed by atoms with E-state index < -0.39 is 0 Å². The fourth-order valence-electron chi connectivity index (χ4n) is 15.5. The molecular weight excluding hydrogens is 1480 g/mol. The first-order chi connectivity index (χ1) is 58.4. The Hall–Kier alpha value is -15.3. The van der Waals surface area contributed by atoms with Crippen LogP contribution < -0.4 is 0 Å². The lowest BCUT2D eigenvalue weighted by atomic mass is 9.96. The van der Waals surface area contributed by atoms with Gasteiger partial charge in [0.25, 0.3) is 0 Å². The van der Waals surface area contributed by atoms with Crippen LogP contribution in [0.5, 0.6) is 0 Å². The zero-order chi connectivity index (χ0) is 78.2. The minimum atomic E-state index is 0.626. The Morgan fingerprint density at radius 1 is 0.186 bits per heavy atom. The predicted octanol–water partition coefficient (Wildman–Crippen LogP) is 27.7. The third-order valence-corrected chi connectivity index (χ3v) is 23.8. The van der Waals surface area contributed by atoms with Gasteiger partial charge in [-0.2, -0.15) is 0 Å². The molecular formula is C106H66N10S2. The number of fused-ring (bicyclic) bond motifs is 9. The van der Waals surface area contributed by atoms with Gasteiger partial charge >= 0.3 is 0 Å². The van der Waals surface area contributed by atoms with Crippen LogP contribution in [0.4, 0.5) is 0 Å². The Balaban J connectivity index is 0.000000147. The van der Waals surface area contributed by atoms with Crippen molar-refractivity contribution in [3.8, 4) is 157 Å². The molecule has 0 spiro atoms. The lowest BCUT2D eigenvalue weighted by Gasteiger charge is -2.11. The van der Waals surface area contributed by atoms with Gasteiger partial charge in [-0.15, -0.1) is 22.7 Å². The number of thiophene rings is 2. The molecule has 0 aliphatic heterocycles. The third kappa shape index (κ3) is 14.1. The number of hydrogen-bond acceptors (Lipinski definition) is 12. The summed E-state index contributed by atoms with van der Waals surface area (Å²) in [5.74, 6) is 3.80. The van der Waals surface area contributed by atoms with E-state index in [1.165, 1.54) is 36.0 Å². The highest BCUT2D eigenvalue weighted by Gasteiger charge is 2.21. The molecule has 10 nitrogen and oxygen atoms in total. The zero-order valence-electron chi connectivity index (χ0n) is 63.4. The normalized spacial score (nSPS) is 11.4. The van der Waals surface area contributed by atoms with Crippen LogP contribution in [0.3, 0.4) is 0 Å². The van der Waals surface area contributed by atoms with Gasteiger partial charge in [-0.1, -0.05) is 334 Å². The molecule has 0 saturated heterocycles. The molecule has 22 rings (SSSR count). The second kappa shape index (κ2) is 30.9. The van der Waals surface area contributed by atoms with Crippen molar-refractivity contribution >= 4 is 85.3 Å². The van der Waals surface area contributed by atoms with E-state index in [1.54, 1.807) is 22.7 Å². The standard InChI is InChI=1S/2C53H33N5S/c1-3-12-34(13-4-1)35-27-29-39(30-28-35)51-56-50(38-14-5-2-6-15-38)57-52(58-51)43-19-10-17-41(33-43)37-25-23-36(24-26-37)40-16-9-18-42(32-40)48-49-47(44-20-7-8-22-46(44)59-49)45-21-11-31-54-53(45)55-48;1-3-11-34(12-4-1)35-25-27-39(28-26-35)51-56-50(38-13-5-2-6-14-38)57-52(58-51)44-18-10-16-41(32-44)37-23-21-36(22-24-37)40-15-9-17-42(31-40)43-29-30-46-47(33-43)54-49-45-19-7-8-20-48(45)59-53(49)55-46/h2*1-33H. The highest BCUT2D eigenvalue weighted by molar-refractivity contribution is 7.26. The van der Waals surface area contributed by atoms with E-state index in [4.69, 9.17) is 44.9 Å². The molecule has 118 heavy (non-hydrogen) atoms. The van der Waals surface area contributed by atoms with Gasteiger partial charge in [0.1, 0.15) is 10.3 Å². The second-order valence-corrected chi connectivity index (χ2v) is 31.1. The molecule has 0 amide bonds. The SMILES string of the molecule is c1ccc(-c2ccc(-c3nc(-c4ccccc4)nc(-c4cccc(-c5ccc(-c6cccc(-c7ccc8nc9sc%10ccccc%10c9nc8c7)c6)cc5)c4)n3)cc2)cc1.c1ccc(-c2ccc(-c3nc(-c4ccccc4)nc(-c4cccc(-c5ccc(-c6cccc(-c7nc8ncccc8c8c7sc7ccccc78)c6)cc5)c4)n3)cc2)cc1. The van der Waals surface area contributed by atoms with Crippen LogP contribution in [0.1, 0.15) is 0 Å². The van der Waals surface area contributed by atoms with E-state index in [1.807, 2.05) is 85.1 Å². The van der Waals surface area contributed by atoms with E-state index in [0.717, 1.165) is 149 Å². The van der Waals surface area contributed by atoms with E-state index in [0.29, 0.717) is 34.9 Å². The van der Waals surface area contributed by atoms with Gasteiger partial charge < -0.3 is 0 Å². The van der Waals surface area contributed by atoms with Crippen LogP contribution in [0.15, 0.2) is 401 Å². The van der Waals surface area contributed by atoms with Crippen LogP contribution in [0.2, 0.25) is 0 Å². The quantitative estimate of drug-likeness (QED) is 0.104. The Kier molecular flexibility index (Phi) is 18.4. The summed E-state index contributed by atoms with van der Waals surface area (Å²) < 4.78 is 3.64. The van der Waals surface area contributed by atoms with Crippen LogP contribution in [-0.2, 0) is 0 Å². The summed E-state index contributed by atoms with van der Waals surface area (Å²) in [7, 11) is 0. The maximum Gasteiger partial charge on any atom is 0.164 e. The number of hydrogen-bond donors (Lipinski definition) is 0. The summed E-state index contributed by atoms with van der Waals surface area (Å²) in [6.45, 7) is 0. The molecule has 552 valence electrons. The Morgan fingerprint density at radius 3 is 0.975 bits per heavy atom. The van der Waals surface area contributed by atoms with E-state index in [-0.39, 0.29) is 0 Å². The second-order valence-electron chi connectivity index (χ2n) is 29.0. The first kappa shape index (κ1) is 70.5. The Bertz CT molecular complexity index is 7510. The highest BCUT2D eigenvalue weighted by atomic mass is 32.1. The lowest BCUT2D eigenvalue weighted by Crippen LogP contribution is -2.00. The van der Waals surface area contributed by atoms with Gasteiger partial charge in [-0.3, -0.25) is 0 Å². The van der Waals surface area contributed by atoms with E-state index in [9.17, 15) is 0 Å². The maximum atomic E-state index is 5.14. The fourth-order valence-corrected chi connectivity index (χ4v) is 17.8. The zero-order valence-corrected chi connectivity index (χ0v) is 65.0. The molecule has 0 aliphatic carbocycles. The molecule has 7 aromatic heterocycles. The average Bonchev–Trinajstić information content (AvgIpc) is 1.58. The van der Waals surface area contributed by atoms with Gasteiger partial charge in [-0.25, -0.2) is 49.8 Å². The topological polar surface area (TPSA) is 129 Å². The molecule has 0 bridgehead atoms. The van der Waals surface area contributed by atoms with Gasteiger partial charge in [0.05, 0.1) is 21.4 Å². The van der Waals surface area contributed by atoms with E-state index in [2.05, 4.69) is 320 Å². The van der Waals surface area contributed by atoms with Gasteiger partial charge in [0.15, 0.2) is 40.6 Å².